The molecule has 0 saturated heterocycles. The van der Waals surface area contributed by atoms with Crippen molar-refractivity contribution in [2.24, 2.45) is 0 Å². The van der Waals surface area contributed by atoms with Crippen molar-refractivity contribution in [1.82, 2.24) is 10.2 Å². The molecule has 2 aromatic rings. The molecule has 2 amide bonds. The topological polar surface area (TPSA) is 49.4 Å². The maximum atomic E-state index is 13.3. The summed E-state index contributed by atoms with van der Waals surface area (Å²) in [7, 11) is 0. The van der Waals surface area contributed by atoms with Gasteiger partial charge in [0.15, 0.2) is 0 Å². The average molecular weight is 508 g/mol. The normalized spacial score (nSPS) is 15.2. The number of aryl methyl sites for hydroxylation is 1. The highest BCUT2D eigenvalue weighted by Crippen LogP contribution is 2.24. The molecular weight excluding hydrogens is 475 g/mol. The Hall–Kier alpha value is -1.69. The second-order valence-corrected chi connectivity index (χ2v) is 10.6. The number of hydrogen-bond acceptors (Lipinski definition) is 3. The predicted octanol–water partition coefficient (Wildman–Crippen LogP) is 6.40. The van der Waals surface area contributed by atoms with E-state index >= 15 is 0 Å². The zero-order valence-electron chi connectivity index (χ0n) is 19.3. The zero-order valence-corrected chi connectivity index (χ0v) is 21.6. The summed E-state index contributed by atoms with van der Waals surface area (Å²) >= 11 is 13.8. The summed E-state index contributed by atoms with van der Waals surface area (Å²) in [6.07, 6.45) is 5.51. The van der Waals surface area contributed by atoms with Crippen LogP contribution in [-0.4, -0.2) is 34.6 Å². The predicted molar refractivity (Wildman–Crippen MR) is 139 cm³/mol. The molecule has 33 heavy (non-hydrogen) atoms. The Kier molecular flexibility index (Phi) is 9.96. The number of carbonyl (C=O) groups is 2. The highest BCUT2D eigenvalue weighted by atomic mass is 35.5. The van der Waals surface area contributed by atoms with E-state index in [1.54, 1.807) is 35.7 Å². The van der Waals surface area contributed by atoms with Crippen LogP contribution in [0.5, 0.6) is 0 Å². The standard InChI is InChI=1S/C26H32Cl2N2O2S/c1-18-7-6-8-21(13-18)16-33-17-25(31)30(15-20-11-12-23(27)24(28)14-20)19(2)26(32)29-22-9-4-3-5-10-22/h6-8,11-14,19,22H,3-5,9-10,15-17H2,1-2H3,(H,29,32). The van der Waals surface area contributed by atoms with Gasteiger partial charge in [-0.25, -0.2) is 0 Å². The van der Waals surface area contributed by atoms with Gasteiger partial charge in [-0.05, 0) is 49.9 Å². The number of rotatable bonds is 9. The molecule has 7 heteroatoms. The first-order valence-corrected chi connectivity index (χ1v) is 13.4. The number of carbonyl (C=O) groups excluding carboxylic acids is 2. The number of hydrogen-bond donors (Lipinski definition) is 1. The van der Waals surface area contributed by atoms with Crippen LogP contribution in [0.4, 0.5) is 0 Å². The molecule has 1 aliphatic carbocycles. The molecule has 2 aromatic carbocycles. The lowest BCUT2D eigenvalue weighted by Crippen LogP contribution is -2.50. The van der Waals surface area contributed by atoms with E-state index in [0.29, 0.717) is 22.3 Å². The molecule has 1 saturated carbocycles. The Morgan fingerprint density at radius 3 is 2.52 bits per heavy atom. The smallest absolute Gasteiger partial charge is 0.242 e. The third kappa shape index (κ3) is 7.94. The van der Waals surface area contributed by atoms with E-state index in [4.69, 9.17) is 23.2 Å². The van der Waals surface area contributed by atoms with Crippen LogP contribution in [0.15, 0.2) is 42.5 Å². The fraction of sp³-hybridized carbons (Fsp3) is 0.462. The van der Waals surface area contributed by atoms with Gasteiger partial charge in [0.2, 0.25) is 11.8 Å². The van der Waals surface area contributed by atoms with Crippen molar-refractivity contribution in [3.8, 4) is 0 Å². The van der Waals surface area contributed by atoms with E-state index in [-0.39, 0.29) is 17.9 Å². The molecule has 0 bridgehead atoms. The van der Waals surface area contributed by atoms with Crippen molar-refractivity contribution in [2.75, 3.05) is 5.75 Å². The van der Waals surface area contributed by atoms with Crippen molar-refractivity contribution in [2.45, 2.75) is 70.3 Å². The molecule has 1 atom stereocenters. The SMILES string of the molecule is Cc1cccc(CSCC(=O)N(Cc2ccc(Cl)c(Cl)c2)C(C)C(=O)NC2CCCCC2)c1. The van der Waals surface area contributed by atoms with Crippen molar-refractivity contribution >= 4 is 46.8 Å². The molecule has 0 aliphatic heterocycles. The van der Waals surface area contributed by atoms with Crippen LogP contribution >= 0.6 is 35.0 Å². The highest BCUT2D eigenvalue weighted by Gasteiger charge is 2.28. The van der Waals surface area contributed by atoms with Crippen molar-refractivity contribution in [3.63, 3.8) is 0 Å². The molecule has 3 rings (SSSR count). The number of benzene rings is 2. The molecule has 1 aliphatic rings. The second-order valence-electron chi connectivity index (χ2n) is 8.77. The first-order chi connectivity index (χ1) is 15.8. The highest BCUT2D eigenvalue weighted by molar-refractivity contribution is 7.99. The van der Waals surface area contributed by atoms with Crippen molar-refractivity contribution < 1.29 is 9.59 Å². The first kappa shape index (κ1) is 25.9. The third-order valence-electron chi connectivity index (χ3n) is 6.03. The summed E-state index contributed by atoms with van der Waals surface area (Å²) < 4.78 is 0. The fourth-order valence-electron chi connectivity index (χ4n) is 4.13. The van der Waals surface area contributed by atoms with Crippen LogP contribution in [0.25, 0.3) is 0 Å². The monoisotopic (exact) mass is 506 g/mol. The van der Waals surface area contributed by atoms with Crippen molar-refractivity contribution in [3.05, 3.63) is 69.2 Å². The van der Waals surface area contributed by atoms with Gasteiger partial charge in [0.25, 0.3) is 0 Å². The molecule has 0 aromatic heterocycles. The Balaban J connectivity index is 1.68. The number of nitrogens with one attached hydrogen (secondary N) is 1. The molecule has 1 N–H and O–H groups in total. The van der Waals surface area contributed by atoms with E-state index in [1.807, 2.05) is 12.1 Å². The third-order valence-corrected chi connectivity index (χ3v) is 7.76. The van der Waals surface area contributed by atoms with Gasteiger partial charge < -0.3 is 10.2 Å². The summed E-state index contributed by atoms with van der Waals surface area (Å²) in [6.45, 7) is 4.17. The molecule has 1 unspecified atom stereocenters. The first-order valence-electron chi connectivity index (χ1n) is 11.5. The summed E-state index contributed by atoms with van der Waals surface area (Å²) in [6, 6.07) is 13.2. The van der Waals surface area contributed by atoms with Gasteiger partial charge in [-0.2, -0.15) is 0 Å². The lowest BCUT2D eigenvalue weighted by Gasteiger charge is -2.31. The summed E-state index contributed by atoms with van der Waals surface area (Å²) in [5.74, 6) is 0.886. The van der Waals surface area contributed by atoms with E-state index in [9.17, 15) is 9.59 Å². The summed E-state index contributed by atoms with van der Waals surface area (Å²) in [5.41, 5.74) is 3.24. The Labute approximate surface area is 211 Å². The van der Waals surface area contributed by atoms with Gasteiger partial charge in [0.05, 0.1) is 15.8 Å². The van der Waals surface area contributed by atoms with Crippen LogP contribution in [0, 0.1) is 6.92 Å². The van der Waals surface area contributed by atoms with Gasteiger partial charge in [0.1, 0.15) is 6.04 Å². The number of halogens is 2. The Morgan fingerprint density at radius 1 is 1.06 bits per heavy atom. The second kappa shape index (κ2) is 12.7. The number of amides is 2. The fourth-order valence-corrected chi connectivity index (χ4v) is 5.31. The lowest BCUT2D eigenvalue weighted by atomic mass is 9.95. The van der Waals surface area contributed by atoms with Gasteiger partial charge in [-0.1, -0.05) is 78.4 Å². The van der Waals surface area contributed by atoms with Gasteiger partial charge in [-0.3, -0.25) is 9.59 Å². The van der Waals surface area contributed by atoms with E-state index in [1.165, 1.54) is 17.5 Å². The quantitative estimate of drug-likeness (QED) is 0.427. The summed E-state index contributed by atoms with van der Waals surface area (Å²) in [4.78, 5) is 28.0. The summed E-state index contributed by atoms with van der Waals surface area (Å²) in [5, 5.41) is 4.07. The zero-order chi connectivity index (χ0) is 23.8. The number of nitrogens with zero attached hydrogens (tertiary/aromatic N) is 1. The molecule has 4 nitrogen and oxygen atoms in total. The van der Waals surface area contributed by atoms with Crippen LogP contribution in [-0.2, 0) is 21.9 Å². The minimum atomic E-state index is -0.576. The van der Waals surface area contributed by atoms with Gasteiger partial charge >= 0.3 is 0 Å². The molecular formula is C26H32Cl2N2O2S. The van der Waals surface area contributed by atoms with Crippen LogP contribution in [0.1, 0.15) is 55.7 Å². The maximum Gasteiger partial charge on any atom is 0.242 e. The van der Waals surface area contributed by atoms with Crippen LogP contribution in [0.3, 0.4) is 0 Å². The largest absolute Gasteiger partial charge is 0.352 e. The lowest BCUT2D eigenvalue weighted by molar-refractivity contribution is -0.139. The van der Waals surface area contributed by atoms with E-state index < -0.39 is 6.04 Å². The Morgan fingerprint density at radius 2 is 1.82 bits per heavy atom. The van der Waals surface area contributed by atoms with Crippen molar-refractivity contribution in [1.29, 1.82) is 0 Å². The maximum absolute atomic E-state index is 13.3. The van der Waals surface area contributed by atoms with Crippen LogP contribution in [0.2, 0.25) is 10.0 Å². The molecule has 178 valence electrons. The average Bonchev–Trinajstić information content (AvgIpc) is 2.80. The minimum absolute atomic E-state index is 0.0648. The van der Waals surface area contributed by atoms with Crippen LogP contribution < -0.4 is 5.32 Å². The minimum Gasteiger partial charge on any atom is -0.352 e. The van der Waals surface area contributed by atoms with Gasteiger partial charge in [-0.15, -0.1) is 11.8 Å². The van der Waals surface area contributed by atoms with E-state index in [0.717, 1.165) is 37.0 Å². The molecule has 0 heterocycles. The number of thioether (sulfide) groups is 1. The molecule has 0 spiro atoms. The van der Waals surface area contributed by atoms with Gasteiger partial charge in [0, 0.05) is 18.3 Å². The molecule has 0 radical (unpaired) electrons. The Bertz CT molecular complexity index is 963. The molecule has 1 fully saturated rings. The van der Waals surface area contributed by atoms with E-state index in [2.05, 4.69) is 30.4 Å².